The van der Waals surface area contributed by atoms with E-state index in [1.807, 2.05) is 36.4 Å². The van der Waals surface area contributed by atoms with Crippen LogP contribution >= 0.6 is 11.6 Å². The fraction of sp³-hybridized carbons (Fsp3) is 0. The fourth-order valence-corrected chi connectivity index (χ4v) is 2.20. The highest BCUT2D eigenvalue weighted by atomic mass is 35.5. The number of hydrogen-bond donors (Lipinski definition) is 1. The van der Waals surface area contributed by atoms with E-state index in [4.69, 9.17) is 21.4 Å². The monoisotopic (exact) mass is 299 g/mol. The average molecular weight is 300 g/mol. The van der Waals surface area contributed by atoms with E-state index in [9.17, 15) is 4.79 Å². The molecule has 0 atom stereocenters. The lowest BCUT2D eigenvalue weighted by Gasteiger charge is -2.07. The molecule has 1 aromatic heterocycles. The number of carboxylic acid groups (broad SMARTS) is 1. The highest BCUT2D eigenvalue weighted by Gasteiger charge is 2.09. The molecule has 104 valence electrons. The van der Waals surface area contributed by atoms with Crippen LogP contribution in [-0.4, -0.2) is 16.1 Å². The zero-order chi connectivity index (χ0) is 14.8. The van der Waals surface area contributed by atoms with Crippen molar-refractivity contribution in [1.29, 1.82) is 0 Å². The van der Waals surface area contributed by atoms with Gasteiger partial charge in [-0.2, -0.15) is 0 Å². The first-order valence-corrected chi connectivity index (χ1v) is 6.57. The molecule has 0 saturated carbocycles. The Morgan fingerprint density at radius 3 is 2.57 bits per heavy atom. The molecule has 0 bridgehead atoms. The number of carbonyl (C=O) groups is 1. The van der Waals surface area contributed by atoms with Crippen molar-refractivity contribution in [3.63, 3.8) is 0 Å². The lowest BCUT2D eigenvalue weighted by Crippen LogP contribution is -1.98. The quantitative estimate of drug-likeness (QED) is 0.729. The van der Waals surface area contributed by atoms with Gasteiger partial charge >= 0.3 is 5.97 Å². The van der Waals surface area contributed by atoms with Crippen LogP contribution in [0.5, 0.6) is 11.6 Å². The minimum atomic E-state index is -1.08. The number of fused-ring (bicyclic) bond motifs is 1. The Bertz CT molecular complexity index is 833. The van der Waals surface area contributed by atoms with Gasteiger partial charge in [0.15, 0.2) is 0 Å². The number of nitrogens with zero attached hydrogens (tertiary/aromatic N) is 1. The highest BCUT2D eigenvalue weighted by Crippen LogP contribution is 2.26. The molecule has 0 aliphatic heterocycles. The number of carboxylic acids is 1. The molecule has 1 heterocycles. The second kappa shape index (κ2) is 5.42. The third kappa shape index (κ3) is 2.95. The number of benzene rings is 2. The topological polar surface area (TPSA) is 59.4 Å². The van der Waals surface area contributed by atoms with E-state index in [0.717, 1.165) is 10.8 Å². The van der Waals surface area contributed by atoms with Crippen molar-refractivity contribution < 1.29 is 14.6 Å². The van der Waals surface area contributed by atoms with Crippen LogP contribution in [-0.2, 0) is 0 Å². The molecule has 0 amide bonds. The molecule has 0 fully saturated rings. The highest BCUT2D eigenvalue weighted by molar-refractivity contribution is 6.29. The molecule has 1 N–H and O–H groups in total. The fourth-order valence-electron chi connectivity index (χ4n) is 2.00. The van der Waals surface area contributed by atoms with Crippen LogP contribution in [0.1, 0.15) is 10.4 Å². The molecule has 0 unspecified atom stereocenters. The summed E-state index contributed by atoms with van der Waals surface area (Å²) in [5, 5.41) is 11.2. The van der Waals surface area contributed by atoms with Crippen molar-refractivity contribution in [3.8, 4) is 11.6 Å². The first kappa shape index (κ1) is 13.4. The summed E-state index contributed by atoms with van der Waals surface area (Å²) in [6, 6.07) is 16.1. The molecule has 0 saturated heterocycles. The van der Waals surface area contributed by atoms with Crippen LogP contribution < -0.4 is 4.74 Å². The molecule has 0 aliphatic carbocycles. The number of hydrogen-bond acceptors (Lipinski definition) is 3. The van der Waals surface area contributed by atoms with Gasteiger partial charge < -0.3 is 9.84 Å². The summed E-state index contributed by atoms with van der Waals surface area (Å²) >= 11 is 5.80. The van der Waals surface area contributed by atoms with Crippen LogP contribution in [0.25, 0.3) is 10.8 Å². The van der Waals surface area contributed by atoms with Crippen molar-refractivity contribution in [3.05, 3.63) is 65.3 Å². The van der Waals surface area contributed by atoms with Gasteiger partial charge in [0.2, 0.25) is 5.88 Å². The maximum Gasteiger partial charge on any atom is 0.335 e. The number of rotatable bonds is 3. The minimum Gasteiger partial charge on any atom is -0.478 e. The number of ether oxygens (including phenoxy) is 1. The van der Waals surface area contributed by atoms with Crippen LogP contribution in [0.15, 0.2) is 54.6 Å². The Morgan fingerprint density at radius 2 is 1.81 bits per heavy atom. The zero-order valence-electron chi connectivity index (χ0n) is 10.8. The van der Waals surface area contributed by atoms with Gasteiger partial charge in [-0.15, -0.1) is 0 Å². The van der Waals surface area contributed by atoms with Crippen LogP contribution in [0.4, 0.5) is 0 Å². The molecule has 2 aromatic carbocycles. The molecule has 5 heteroatoms. The Balaban J connectivity index is 1.96. The molecule has 0 spiro atoms. The summed E-state index contributed by atoms with van der Waals surface area (Å²) in [6.45, 7) is 0. The van der Waals surface area contributed by atoms with Gasteiger partial charge in [-0.25, -0.2) is 9.78 Å². The molecule has 4 nitrogen and oxygen atoms in total. The van der Waals surface area contributed by atoms with Gasteiger partial charge in [0.05, 0.1) is 5.56 Å². The van der Waals surface area contributed by atoms with Crippen LogP contribution in [0.2, 0.25) is 5.15 Å². The van der Waals surface area contributed by atoms with Crippen molar-refractivity contribution in [2.24, 2.45) is 0 Å². The molecule has 3 rings (SSSR count). The van der Waals surface area contributed by atoms with Gasteiger partial charge in [-0.1, -0.05) is 41.9 Å². The van der Waals surface area contributed by atoms with Crippen molar-refractivity contribution in [1.82, 2.24) is 4.98 Å². The summed E-state index contributed by atoms with van der Waals surface area (Å²) < 4.78 is 5.60. The van der Waals surface area contributed by atoms with Gasteiger partial charge in [0.1, 0.15) is 10.9 Å². The lowest BCUT2D eigenvalue weighted by atomic mass is 10.1. The minimum absolute atomic E-state index is 0.0331. The van der Waals surface area contributed by atoms with Crippen molar-refractivity contribution >= 4 is 28.3 Å². The van der Waals surface area contributed by atoms with E-state index in [1.54, 1.807) is 6.07 Å². The Hall–Kier alpha value is -2.59. The van der Waals surface area contributed by atoms with E-state index < -0.39 is 5.97 Å². The molecule has 0 aliphatic rings. The first-order valence-electron chi connectivity index (χ1n) is 6.19. The van der Waals surface area contributed by atoms with Gasteiger partial charge in [0, 0.05) is 6.07 Å². The molecular weight excluding hydrogens is 290 g/mol. The van der Waals surface area contributed by atoms with Crippen LogP contribution in [0, 0.1) is 0 Å². The predicted molar refractivity (Wildman–Crippen MR) is 80.2 cm³/mol. The predicted octanol–water partition coefficient (Wildman–Crippen LogP) is 4.38. The second-order valence-corrected chi connectivity index (χ2v) is 4.82. The zero-order valence-corrected chi connectivity index (χ0v) is 11.5. The Kier molecular flexibility index (Phi) is 3.46. The maximum atomic E-state index is 11.0. The summed E-state index contributed by atoms with van der Waals surface area (Å²) in [6.07, 6.45) is 0. The second-order valence-electron chi connectivity index (χ2n) is 4.43. The lowest BCUT2D eigenvalue weighted by molar-refractivity contribution is 0.0696. The smallest absolute Gasteiger partial charge is 0.335 e. The summed E-state index contributed by atoms with van der Waals surface area (Å²) in [5.74, 6) is -0.363. The third-order valence-corrected chi connectivity index (χ3v) is 3.15. The largest absolute Gasteiger partial charge is 0.478 e. The maximum absolute atomic E-state index is 11.0. The van der Waals surface area contributed by atoms with Gasteiger partial charge in [-0.3, -0.25) is 0 Å². The Labute approximate surface area is 125 Å². The molecule has 3 aromatic rings. The number of aromatic carboxylic acids is 1. The van der Waals surface area contributed by atoms with E-state index in [2.05, 4.69) is 4.98 Å². The number of pyridine rings is 1. The molecule has 0 radical (unpaired) electrons. The third-order valence-electron chi connectivity index (χ3n) is 2.96. The Morgan fingerprint density at radius 1 is 1.05 bits per heavy atom. The summed E-state index contributed by atoms with van der Waals surface area (Å²) in [7, 11) is 0. The van der Waals surface area contributed by atoms with Crippen molar-refractivity contribution in [2.45, 2.75) is 0 Å². The number of aromatic nitrogens is 1. The van der Waals surface area contributed by atoms with E-state index >= 15 is 0 Å². The molecule has 21 heavy (non-hydrogen) atoms. The van der Waals surface area contributed by atoms with E-state index in [-0.39, 0.29) is 16.6 Å². The van der Waals surface area contributed by atoms with E-state index in [0.29, 0.717) is 5.75 Å². The SMILES string of the molecule is O=C(O)c1cc(Cl)nc(Oc2ccc3ccccc3c2)c1. The van der Waals surface area contributed by atoms with Crippen LogP contribution in [0.3, 0.4) is 0 Å². The van der Waals surface area contributed by atoms with Crippen molar-refractivity contribution in [2.75, 3.05) is 0 Å². The average Bonchev–Trinajstić information content (AvgIpc) is 2.46. The molecular formula is C16H10ClNO3. The number of halogens is 1. The first-order chi connectivity index (χ1) is 10.1. The normalized spacial score (nSPS) is 10.5. The van der Waals surface area contributed by atoms with Gasteiger partial charge in [-0.05, 0) is 29.0 Å². The van der Waals surface area contributed by atoms with Gasteiger partial charge in [0.25, 0.3) is 0 Å². The standard InChI is InChI=1S/C16H10ClNO3/c17-14-8-12(16(19)20)9-15(18-14)21-13-6-5-10-3-1-2-4-11(10)7-13/h1-9H,(H,19,20). The summed E-state index contributed by atoms with van der Waals surface area (Å²) in [5.41, 5.74) is 0.0331. The van der Waals surface area contributed by atoms with E-state index in [1.165, 1.54) is 12.1 Å². The summed E-state index contributed by atoms with van der Waals surface area (Å²) in [4.78, 5) is 15.0.